The maximum atomic E-state index is 12.5. The van der Waals surface area contributed by atoms with E-state index in [2.05, 4.69) is 5.32 Å². The van der Waals surface area contributed by atoms with Crippen molar-refractivity contribution in [2.45, 2.75) is 38.6 Å². The zero-order chi connectivity index (χ0) is 17.4. The van der Waals surface area contributed by atoms with Crippen molar-refractivity contribution in [3.8, 4) is 5.75 Å². The Kier molecular flexibility index (Phi) is 6.90. The van der Waals surface area contributed by atoms with Gasteiger partial charge in [0.25, 0.3) is 0 Å². The van der Waals surface area contributed by atoms with E-state index in [4.69, 9.17) is 9.47 Å². The molecular formula is C18H26N2O4. The lowest BCUT2D eigenvalue weighted by atomic mass is 9.95. The minimum Gasteiger partial charge on any atom is -0.497 e. The number of carbonyl (C=O) groups excluding carboxylic acids is 2. The second kappa shape index (κ2) is 9.15. The van der Waals surface area contributed by atoms with Gasteiger partial charge in [-0.15, -0.1) is 0 Å². The molecule has 1 aromatic rings. The largest absolute Gasteiger partial charge is 0.497 e. The van der Waals surface area contributed by atoms with Gasteiger partial charge < -0.3 is 19.7 Å². The molecule has 1 atom stereocenters. The molecule has 0 bridgehead atoms. The summed E-state index contributed by atoms with van der Waals surface area (Å²) in [6, 6.07) is 7.75. The van der Waals surface area contributed by atoms with Crippen LogP contribution in [0.15, 0.2) is 24.3 Å². The molecule has 1 aliphatic rings. The molecule has 2 rings (SSSR count). The lowest BCUT2D eigenvalue weighted by Crippen LogP contribution is -2.45. The van der Waals surface area contributed by atoms with Crippen LogP contribution in [-0.2, 0) is 9.53 Å². The van der Waals surface area contributed by atoms with Gasteiger partial charge in [-0.05, 0) is 43.9 Å². The van der Waals surface area contributed by atoms with E-state index >= 15 is 0 Å². The molecule has 6 heteroatoms. The minimum absolute atomic E-state index is 0.0384. The number of methoxy groups -OCH3 is 1. The van der Waals surface area contributed by atoms with Crippen molar-refractivity contribution in [1.29, 1.82) is 0 Å². The molecule has 6 nitrogen and oxygen atoms in total. The second-order valence-corrected chi connectivity index (χ2v) is 5.77. The third kappa shape index (κ3) is 4.88. The molecule has 1 fully saturated rings. The zero-order valence-corrected chi connectivity index (χ0v) is 14.4. The standard InChI is InChI=1S/C18H26N2O4/c1-3-24-17(21)10-11-19-18(22)20-12-5-4-9-16(20)14-7-6-8-15(13-14)23-2/h6-8,13,16H,3-5,9-12H2,1-2H3,(H,19,22)/t16-/m0/s1. The molecule has 1 aromatic carbocycles. The van der Waals surface area contributed by atoms with E-state index in [1.165, 1.54) is 0 Å². The monoisotopic (exact) mass is 334 g/mol. The highest BCUT2D eigenvalue weighted by Gasteiger charge is 2.28. The third-order valence-corrected chi connectivity index (χ3v) is 4.15. The number of rotatable bonds is 6. The first-order chi connectivity index (χ1) is 11.7. The quantitative estimate of drug-likeness (QED) is 0.812. The van der Waals surface area contributed by atoms with Crippen LogP contribution >= 0.6 is 0 Å². The summed E-state index contributed by atoms with van der Waals surface area (Å²) in [5.41, 5.74) is 1.08. The SMILES string of the molecule is CCOC(=O)CCNC(=O)N1CCCC[C@H]1c1cccc(OC)c1. The molecule has 0 spiro atoms. The fraction of sp³-hybridized carbons (Fsp3) is 0.556. The van der Waals surface area contributed by atoms with Crippen LogP contribution in [0.3, 0.4) is 0 Å². The van der Waals surface area contributed by atoms with E-state index in [0.717, 1.165) is 30.6 Å². The fourth-order valence-corrected chi connectivity index (χ4v) is 2.98. The molecule has 1 heterocycles. The van der Waals surface area contributed by atoms with Crippen LogP contribution in [-0.4, -0.2) is 43.7 Å². The number of carbonyl (C=O) groups is 2. The first-order valence-corrected chi connectivity index (χ1v) is 8.49. The maximum Gasteiger partial charge on any atom is 0.317 e. The summed E-state index contributed by atoms with van der Waals surface area (Å²) in [6.45, 7) is 3.13. The Bertz CT molecular complexity index is 562. The molecule has 2 amide bonds. The van der Waals surface area contributed by atoms with Crippen molar-refractivity contribution in [2.24, 2.45) is 0 Å². The van der Waals surface area contributed by atoms with Gasteiger partial charge in [-0.1, -0.05) is 12.1 Å². The molecule has 0 aliphatic carbocycles. The summed E-state index contributed by atoms with van der Waals surface area (Å²) < 4.78 is 10.2. The zero-order valence-electron chi connectivity index (χ0n) is 14.4. The van der Waals surface area contributed by atoms with Gasteiger partial charge in [0.1, 0.15) is 5.75 Å². The van der Waals surface area contributed by atoms with Gasteiger partial charge in [-0.3, -0.25) is 4.79 Å². The van der Waals surface area contributed by atoms with Crippen LogP contribution < -0.4 is 10.1 Å². The Hall–Kier alpha value is -2.24. The number of hydrogen-bond donors (Lipinski definition) is 1. The number of piperidine rings is 1. The molecule has 1 aliphatic heterocycles. The Morgan fingerprint density at radius 1 is 1.33 bits per heavy atom. The predicted octanol–water partition coefficient (Wildman–Crippen LogP) is 2.89. The van der Waals surface area contributed by atoms with Crippen molar-refractivity contribution in [2.75, 3.05) is 26.8 Å². The van der Waals surface area contributed by atoms with Crippen molar-refractivity contribution in [1.82, 2.24) is 10.2 Å². The first kappa shape index (κ1) is 18.1. The number of ether oxygens (including phenoxy) is 2. The lowest BCUT2D eigenvalue weighted by Gasteiger charge is -2.36. The molecule has 0 radical (unpaired) electrons. The Morgan fingerprint density at radius 2 is 2.17 bits per heavy atom. The summed E-state index contributed by atoms with van der Waals surface area (Å²) in [4.78, 5) is 25.7. The van der Waals surface area contributed by atoms with Gasteiger partial charge in [0, 0.05) is 13.1 Å². The lowest BCUT2D eigenvalue weighted by molar-refractivity contribution is -0.142. The van der Waals surface area contributed by atoms with E-state index < -0.39 is 0 Å². The second-order valence-electron chi connectivity index (χ2n) is 5.77. The Morgan fingerprint density at radius 3 is 2.92 bits per heavy atom. The normalized spacial score (nSPS) is 17.2. The number of nitrogens with one attached hydrogen (secondary N) is 1. The smallest absolute Gasteiger partial charge is 0.317 e. The minimum atomic E-state index is -0.291. The van der Waals surface area contributed by atoms with Gasteiger partial charge in [0.15, 0.2) is 0 Å². The molecule has 0 unspecified atom stereocenters. The summed E-state index contributed by atoms with van der Waals surface area (Å²) in [7, 11) is 1.64. The molecule has 0 saturated carbocycles. The van der Waals surface area contributed by atoms with Crippen LogP contribution in [0.5, 0.6) is 5.75 Å². The highest BCUT2D eigenvalue weighted by atomic mass is 16.5. The molecule has 1 saturated heterocycles. The Balaban J connectivity index is 1.97. The maximum absolute atomic E-state index is 12.5. The van der Waals surface area contributed by atoms with Crippen LogP contribution in [0.2, 0.25) is 0 Å². The average Bonchev–Trinajstić information content (AvgIpc) is 2.62. The van der Waals surface area contributed by atoms with Gasteiger partial charge >= 0.3 is 12.0 Å². The van der Waals surface area contributed by atoms with Crippen molar-refractivity contribution in [3.05, 3.63) is 29.8 Å². The highest BCUT2D eigenvalue weighted by molar-refractivity contribution is 5.76. The van der Waals surface area contributed by atoms with E-state index in [1.54, 1.807) is 14.0 Å². The van der Waals surface area contributed by atoms with Crippen LogP contribution in [0.4, 0.5) is 4.79 Å². The first-order valence-electron chi connectivity index (χ1n) is 8.49. The number of nitrogens with zero attached hydrogens (tertiary/aromatic N) is 1. The molecule has 1 N–H and O–H groups in total. The number of hydrogen-bond acceptors (Lipinski definition) is 4. The number of urea groups is 1. The van der Waals surface area contributed by atoms with E-state index in [0.29, 0.717) is 19.7 Å². The summed E-state index contributed by atoms with van der Waals surface area (Å²) in [5.74, 6) is 0.501. The molecule has 0 aromatic heterocycles. The van der Waals surface area contributed by atoms with Gasteiger partial charge in [-0.2, -0.15) is 0 Å². The van der Waals surface area contributed by atoms with Crippen molar-refractivity contribution < 1.29 is 19.1 Å². The summed E-state index contributed by atoms with van der Waals surface area (Å²) in [6.07, 6.45) is 3.20. The molecular weight excluding hydrogens is 308 g/mol. The molecule has 24 heavy (non-hydrogen) atoms. The van der Waals surface area contributed by atoms with E-state index in [-0.39, 0.29) is 24.5 Å². The van der Waals surface area contributed by atoms with E-state index in [1.807, 2.05) is 29.2 Å². The third-order valence-electron chi connectivity index (χ3n) is 4.15. The fourth-order valence-electron chi connectivity index (χ4n) is 2.98. The van der Waals surface area contributed by atoms with Gasteiger partial charge in [0.2, 0.25) is 0 Å². The summed E-state index contributed by atoms with van der Waals surface area (Å²) >= 11 is 0. The number of amides is 2. The topological polar surface area (TPSA) is 67.9 Å². The van der Waals surface area contributed by atoms with Crippen LogP contribution in [0, 0.1) is 0 Å². The van der Waals surface area contributed by atoms with Gasteiger partial charge in [0.05, 0.1) is 26.2 Å². The Labute approximate surface area is 143 Å². The van der Waals surface area contributed by atoms with Crippen LogP contribution in [0.1, 0.15) is 44.2 Å². The highest BCUT2D eigenvalue weighted by Crippen LogP contribution is 2.32. The van der Waals surface area contributed by atoms with Crippen molar-refractivity contribution >= 4 is 12.0 Å². The predicted molar refractivity (Wildman–Crippen MR) is 90.9 cm³/mol. The summed E-state index contributed by atoms with van der Waals surface area (Å²) in [5, 5.41) is 2.82. The van der Waals surface area contributed by atoms with Crippen molar-refractivity contribution in [3.63, 3.8) is 0 Å². The number of likely N-dealkylation sites (tertiary alicyclic amines) is 1. The number of benzene rings is 1. The van der Waals surface area contributed by atoms with Gasteiger partial charge in [-0.25, -0.2) is 4.79 Å². The van der Waals surface area contributed by atoms with E-state index in [9.17, 15) is 9.59 Å². The number of esters is 1. The average molecular weight is 334 g/mol. The molecule has 132 valence electrons. The van der Waals surface area contributed by atoms with Crippen LogP contribution in [0.25, 0.3) is 0 Å².